The second-order valence-corrected chi connectivity index (χ2v) is 8.53. The third-order valence-electron chi connectivity index (χ3n) is 4.72. The molecule has 8 nitrogen and oxygen atoms in total. The van der Waals surface area contributed by atoms with Crippen molar-refractivity contribution in [3.63, 3.8) is 0 Å². The summed E-state index contributed by atoms with van der Waals surface area (Å²) < 4.78 is 12.7. The zero-order chi connectivity index (χ0) is 22.7. The van der Waals surface area contributed by atoms with Crippen LogP contribution in [0.1, 0.15) is 34.1 Å². The van der Waals surface area contributed by atoms with Gasteiger partial charge in [-0.15, -0.1) is 0 Å². The first kappa shape index (κ1) is 21.5. The Morgan fingerprint density at radius 2 is 2.00 bits per heavy atom. The van der Waals surface area contributed by atoms with Crippen molar-refractivity contribution in [3.8, 4) is 22.6 Å². The van der Waals surface area contributed by atoms with E-state index in [0.29, 0.717) is 24.9 Å². The molecule has 3 heterocycles. The number of fused-ring (bicyclic) bond motifs is 1. The molecule has 0 atom stereocenters. The van der Waals surface area contributed by atoms with Crippen LogP contribution in [0.3, 0.4) is 0 Å². The fourth-order valence-corrected chi connectivity index (χ4v) is 3.30. The normalized spacial score (nSPS) is 11.6. The van der Waals surface area contributed by atoms with Gasteiger partial charge in [-0.2, -0.15) is 5.10 Å². The van der Waals surface area contributed by atoms with Crippen molar-refractivity contribution >= 4 is 22.9 Å². The number of aromatic nitrogens is 4. The zero-order valence-corrected chi connectivity index (χ0v) is 18.8. The molecule has 0 unspecified atom stereocenters. The van der Waals surface area contributed by atoms with Gasteiger partial charge in [-0.25, -0.2) is 9.97 Å². The van der Waals surface area contributed by atoms with Crippen LogP contribution in [0.25, 0.3) is 33.7 Å². The lowest BCUT2D eigenvalue weighted by Gasteiger charge is -2.22. The number of ether oxygens (including phenoxy) is 1. The highest BCUT2D eigenvalue weighted by atomic mass is 16.5. The summed E-state index contributed by atoms with van der Waals surface area (Å²) >= 11 is 0. The van der Waals surface area contributed by atoms with Crippen LogP contribution in [0.5, 0.6) is 0 Å². The number of pyridine rings is 1. The molecule has 0 amide bonds. The predicted molar refractivity (Wildman–Crippen MR) is 123 cm³/mol. The lowest BCUT2D eigenvalue weighted by atomic mass is 10.1. The summed E-state index contributed by atoms with van der Waals surface area (Å²) in [5.41, 5.74) is 3.87. The van der Waals surface area contributed by atoms with Gasteiger partial charge in [0.2, 0.25) is 5.89 Å². The summed E-state index contributed by atoms with van der Waals surface area (Å²) in [6.45, 7) is 8.85. The Hall–Kier alpha value is -3.68. The van der Waals surface area contributed by atoms with E-state index in [2.05, 4.69) is 41.2 Å². The first-order valence-corrected chi connectivity index (χ1v) is 10.6. The van der Waals surface area contributed by atoms with E-state index < -0.39 is 0 Å². The van der Waals surface area contributed by atoms with Gasteiger partial charge in [0.05, 0.1) is 31.3 Å². The molecule has 3 aromatic heterocycles. The lowest BCUT2D eigenvalue weighted by molar-refractivity contribution is -0.143. The standard InChI is InChI=1S/C24H27N5O3/c1-5-31-21(30)10-11-29-15-17(14-26-29)16-12-18(22(25-13-16)28-24(2,3)4)23-27-19-8-6-7-9-20(19)32-23/h6-9,12-15H,5,10-11H2,1-4H3,(H,25,28). The molecule has 0 aliphatic heterocycles. The highest BCUT2D eigenvalue weighted by Crippen LogP contribution is 2.33. The van der Waals surface area contributed by atoms with Gasteiger partial charge in [0, 0.05) is 29.1 Å². The van der Waals surface area contributed by atoms with Crippen molar-refractivity contribution < 1.29 is 13.9 Å². The van der Waals surface area contributed by atoms with E-state index in [-0.39, 0.29) is 17.9 Å². The van der Waals surface area contributed by atoms with Crippen LogP contribution in [-0.2, 0) is 16.1 Å². The molecule has 166 valence electrons. The number of aryl methyl sites for hydroxylation is 1. The van der Waals surface area contributed by atoms with E-state index in [1.165, 1.54) is 0 Å². The minimum atomic E-state index is -0.234. The van der Waals surface area contributed by atoms with Crippen LogP contribution in [0.2, 0.25) is 0 Å². The van der Waals surface area contributed by atoms with Crippen molar-refractivity contribution in [2.75, 3.05) is 11.9 Å². The molecule has 0 spiro atoms. The summed E-state index contributed by atoms with van der Waals surface area (Å²) in [4.78, 5) is 21.0. The minimum absolute atomic E-state index is 0.187. The number of carbonyl (C=O) groups is 1. The molecule has 0 fully saturated rings. The van der Waals surface area contributed by atoms with E-state index in [1.807, 2.05) is 36.5 Å². The zero-order valence-electron chi connectivity index (χ0n) is 18.8. The van der Waals surface area contributed by atoms with E-state index >= 15 is 0 Å². The van der Waals surface area contributed by atoms with E-state index in [1.54, 1.807) is 24.0 Å². The molecule has 1 aromatic carbocycles. The first-order valence-electron chi connectivity index (χ1n) is 10.6. The van der Waals surface area contributed by atoms with Crippen molar-refractivity contribution in [3.05, 3.63) is 48.9 Å². The largest absolute Gasteiger partial charge is 0.466 e. The van der Waals surface area contributed by atoms with Gasteiger partial charge in [0.15, 0.2) is 5.58 Å². The summed E-state index contributed by atoms with van der Waals surface area (Å²) in [5.74, 6) is 0.964. The van der Waals surface area contributed by atoms with Gasteiger partial charge in [-0.1, -0.05) is 12.1 Å². The number of benzene rings is 1. The Labute approximate surface area is 186 Å². The summed E-state index contributed by atoms with van der Waals surface area (Å²) in [5, 5.41) is 7.81. The first-order chi connectivity index (χ1) is 15.3. The number of hydrogen-bond donors (Lipinski definition) is 1. The fourth-order valence-electron chi connectivity index (χ4n) is 3.30. The average Bonchev–Trinajstić information content (AvgIpc) is 3.39. The maximum atomic E-state index is 11.6. The van der Waals surface area contributed by atoms with E-state index in [0.717, 1.165) is 27.8 Å². The number of para-hydroxylation sites is 2. The lowest BCUT2D eigenvalue weighted by Crippen LogP contribution is -2.27. The molecule has 0 radical (unpaired) electrons. The number of anilines is 1. The third kappa shape index (κ3) is 4.96. The molecule has 4 aromatic rings. The smallest absolute Gasteiger partial charge is 0.307 e. The van der Waals surface area contributed by atoms with Crippen LogP contribution >= 0.6 is 0 Å². The quantitative estimate of drug-likeness (QED) is 0.413. The molecular weight excluding hydrogens is 406 g/mol. The highest BCUT2D eigenvalue weighted by Gasteiger charge is 2.19. The van der Waals surface area contributed by atoms with Crippen molar-refractivity contribution in [2.45, 2.75) is 46.2 Å². The van der Waals surface area contributed by atoms with Gasteiger partial charge >= 0.3 is 5.97 Å². The Kier molecular flexibility index (Phi) is 5.94. The molecule has 0 saturated carbocycles. The van der Waals surface area contributed by atoms with Crippen LogP contribution in [0.15, 0.2) is 53.3 Å². The fraction of sp³-hybridized carbons (Fsp3) is 0.333. The molecule has 0 bridgehead atoms. The summed E-state index contributed by atoms with van der Waals surface area (Å²) in [6, 6.07) is 9.67. The van der Waals surface area contributed by atoms with Gasteiger partial charge in [-0.3, -0.25) is 9.48 Å². The topological polar surface area (TPSA) is 95.1 Å². The Balaban J connectivity index is 1.67. The number of nitrogens with one attached hydrogen (secondary N) is 1. The number of rotatable bonds is 7. The Morgan fingerprint density at radius 3 is 2.75 bits per heavy atom. The van der Waals surface area contributed by atoms with Crippen LogP contribution < -0.4 is 5.32 Å². The van der Waals surface area contributed by atoms with Crippen molar-refractivity contribution in [1.29, 1.82) is 0 Å². The number of nitrogens with zero attached hydrogens (tertiary/aromatic N) is 4. The molecular formula is C24H27N5O3. The van der Waals surface area contributed by atoms with Gasteiger partial charge in [0.25, 0.3) is 0 Å². The Bertz CT molecular complexity index is 1200. The molecule has 1 N–H and O–H groups in total. The second-order valence-electron chi connectivity index (χ2n) is 8.53. The molecule has 8 heteroatoms. The van der Waals surface area contributed by atoms with E-state index in [9.17, 15) is 4.79 Å². The number of hydrogen-bond acceptors (Lipinski definition) is 7. The number of esters is 1. The Morgan fingerprint density at radius 1 is 1.19 bits per heavy atom. The van der Waals surface area contributed by atoms with Crippen molar-refractivity contribution in [1.82, 2.24) is 19.7 Å². The van der Waals surface area contributed by atoms with Gasteiger partial charge in [-0.05, 0) is 45.9 Å². The highest BCUT2D eigenvalue weighted by molar-refractivity contribution is 5.81. The van der Waals surface area contributed by atoms with Gasteiger partial charge in [0.1, 0.15) is 11.3 Å². The maximum Gasteiger partial charge on any atom is 0.307 e. The van der Waals surface area contributed by atoms with Gasteiger partial charge < -0.3 is 14.5 Å². The number of carbonyl (C=O) groups excluding carboxylic acids is 1. The maximum absolute atomic E-state index is 11.6. The molecule has 0 aliphatic carbocycles. The summed E-state index contributed by atoms with van der Waals surface area (Å²) in [6.07, 6.45) is 5.72. The average molecular weight is 434 g/mol. The minimum Gasteiger partial charge on any atom is -0.466 e. The SMILES string of the molecule is CCOC(=O)CCn1cc(-c2cnc(NC(C)(C)C)c(-c3nc4ccccc4o3)c2)cn1. The van der Waals surface area contributed by atoms with Crippen molar-refractivity contribution in [2.24, 2.45) is 0 Å². The predicted octanol–water partition coefficient (Wildman–Crippen LogP) is 4.92. The molecule has 32 heavy (non-hydrogen) atoms. The monoisotopic (exact) mass is 433 g/mol. The van der Waals surface area contributed by atoms with Crippen LogP contribution in [-0.4, -0.2) is 37.9 Å². The summed E-state index contributed by atoms with van der Waals surface area (Å²) in [7, 11) is 0. The third-order valence-corrected chi connectivity index (χ3v) is 4.72. The molecule has 0 saturated heterocycles. The molecule has 0 aliphatic rings. The van der Waals surface area contributed by atoms with Crippen LogP contribution in [0, 0.1) is 0 Å². The number of oxazole rings is 1. The van der Waals surface area contributed by atoms with Crippen LogP contribution in [0.4, 0.5) is 5.82 Å². The molecule has 4 rings (SSSR count). The van der Waals surface area contributed by atoms with E-state index in [4.69, 9.17) is 9.15 Å². The second kappa shape index (κ2) is 8.82.